The molecule has 0 aliphatic carbocycles. The number of hydrogen-bond acceptors (Lipinski definition) is 4. The fourth-order valence-corrected chi connectivity index (χ4v) is 5.01. The number of hydrogen-bond donors (Lipinski definition) is 1. The van der Waals surface area contributed by atoms with Gasteiger partial charge in [-0.15, -0.1) is 0 Å². The van der Waals surface area contributed by atoms with E-state index < -0.39 is 45.2 Å². The smallest absolute Gasteiger partial charge is 0.341 e. The largest absolute Gasteiger partial charge is 0.435 e. The Morgan fingerprint density at radius 3 is 1.93 bits per heavy atom. The Balaban J connectivity index is 1.96. The van der Waals surface area contributed by atoms with E-state index in [9.17, 15) is 48.7 Å². The van der Waals surface area contributed by atoms with Crippen LogP contribution in [-0.4, -0.2) is 63.1 Å². The van der Waals surface area contributed by atoms with Crippen molar-refractivity contribution in [2.24, 2.45) is 0 Å². The van der Waals surface area contributed by atoms with Crippen LogP contribution in [0.3, 0.4) is 0 Å². The summed E-state index contributed by atoms with van der Waals surface area (Å²) in [4.78, 5) is 27.5. The topological polar surface area (TPSA) is 83.6 Å². The summed E-state index contributed by atoms with van der Waals surface area (Å²) in [5.74, 6) is -1.48. The van der Waals surface area contributed by atoms with Crippen molar-refractivity contribution in [2.75, 3.05) is 30.9 Å². The van der Waals surface area contributed by atoms with E-state index >= 15 is 0 Å². The number of aryl methyl sites for hydroxylation is 2. The van der Waals surface area contributed by atoms with Crippen molar-refractivity contribution in [1.29, 1.82) is 0 Å². The quantitative estimate of drug-likeness (QED) is 0.283. The molecule has 0 fully saturated rings. The molecule has 3 aromatic carbocycles. The van der Waals surface area contributed by atoms with Gasteiger partial charge in [-0.2, -0.15) is 26.3 Å². The van der Waals surface area contributed by atoms with Crippen LogP contribution in [0.5, 0.6) is 0 Å². The zero-order valence-electron chi connectivity index (χ0n) is 23.3. The maximum atomic E-state index is 14.6. The molecule has 2 amide bonds. The molecule has 0 aromatic heterocycles. The number of halogens is 7. The molecule has 232 valence electrons. The molecular formula is C29H27F7N2O4S. The van der Waals surface area contributed by atoms with E-state index in [2.05, 4.69) is 5.32 Å². The number of nitrogens with one attached hydrogen (secondary N) is 1. The molecule has 0 unspecified atom stereocenters. The first-order chi connectivity index (χ1) is 19.7. The Bertz CT molecular complexity index is 1610. The maximum Gasteiger partial charge on any atom is 0.435 e. The molecular weight excluding hydrogens is 605 g/mol. The third-order valence-electron chi connectivity index (χ3n) is 6.69. The molecule has 0 radical (unpaired) electrons. The van der Waals surface area contributed by atoms with Crippen LogP contribution in [-0.2, 0) is 15.5 Å². The van der Waals surface area contributed by atoms with E-state index in [1.807, 2.05) is 0 Å². The Kier molecular flexibility index (Phi) is 9.35. The minimum absolute atomic E-state index is 0.0478. The van der Waals surface area contributed by atoms with Gasteiger partial charge in [-0.05, 0) is 54.3 Å². The first-order valence-electron chi connectivity index (χ1n) is 12.6. The van der Waals surface area contributed by atoms with Crippen molar-refractivity contribution >= 4 is 27.3 Å². The molecule has 3 rings (SSSR count). The molecule has 0 heterocycles. The van der Waals surface area contributed by atoms with E-state index in [1.54, 1.807) is 24.3 Å². The average molecular weight is 633 g/mol. The second kappa shape index (κ2) is 12.0. The summed E-state index contributed by atoms with van der Waals surface area (Å²) in [6.07, 6.45) is -11.5. The fraction of sp³-hybridized carbons (Fsp3) is 0.310. The number of sulfone groups is 1. The summed E-state index contributed by atoms with van der Waals surface area (Å²) in [7, 11) is -1.87. The number of nitrogens with zero attached hydrogens (tertiary/aromatic N) is 1. The van der Waals surface area contributed by atoms with Gasteiger partial charge >= 0.3 is 18.0 Å². The van der Waals surface area contributed by atoms with Gasteiger partial charge in [0.05, 0.1) is 5.75 Å². The van der Waals surface area contributed by atoms with Crippen LogP contribution in [0.4, 0.5) is 36.4 Å². The van der Waals surface area contributed by atoms with E-state index in [0.29, 0.717) is 23.3 Å². The van der Waals surface area contributed by atoms with Crippen LogP contribution in [0.1, 0.15) is 37.4 Å². The van der Waals surface area contributed by atoms with Gasteiger partial charge in [0.15, 0.2) is 0 Å². The highest BCUT2D eigenvalue weighted by Crippen LogP contribution is 2.53. The van der Waals surface area contributed by atoms with E-state index in [-0.39, 0.29) is 40.2 Å². The lowest BCUT2D eigenvalue weighted by molar-refractivity contribution is -0.348. The molecule has 14 heteroatoms. The normalized spacial score (nSPS) is 12.6. The standard InChI is InChI=1S/C29H27F7N2O4S/c1-17-14-21(27(30,28(31,32)33)29(34,35)36)15-18(2)24(17)37-25(39)23-11-6-5-10-22(23)19-8-7-9-20(16-19)26(40)38(3)12-13-43(4,41)42/h5-11,14-16H,12-13H2,1-4H3,(H,37,39). The highest BCUT2D eigenvalue weighted by Gasteiger charge is 2.73. The third kappa shape index (κ3) is 7.17. The van der Waals surface area contributed by atoms with Crippen molar-refractivity contribution in [3.63, 3.8) is 0 Å². The maximum absolute atomic E-state index is 14.6. The van der Waals surface area contributed by atoms with Gasteiger partial charge in [-0.1, -0.05) is 42.5 Å². The first-order valence-corrected chi connectivity index (χ1v) is 14.6. The molecule has 0 aliphatic rings. The van der Waals surface area contributed by atoms with Crippen LogP contribution >= 0.6 is 0 Å². The van der Waals surface area contributed by atoms with E-state index in [0.717, 1.165) is 20.1 Å². The molecule has 6 nitrogen and oxygen atoms in total. The fourth-order valence-electron chi connectivity index (χ4n) is 4.41. The van der Waals surface area contributed by atoms with Gasteiger partial charge in [0.25, 0.3) is 11.8 Å². The van der Waals surface area contributed by atoms with Gasteiger partial charge in [0, 0.05) is 42.2 Å². The number of anilines is 1. The van der Waals surface area contributed by atoms with Crippen LogP contribution in [0.15, 0.2) is 60.7 Å². The second-order valence-corrected chi connectivity index (χ2v) is 12.3. The minimum Gasteiger partial charge on any atom is -0.341 e. The van der Waals surface area contributed by atoms with Crippen LogP contribution in [0.25, 0.3) is 11.1 Å². The summed E-state index contributed by atoms with van der Waals surface area (Å²) in [5.41, 5.74) is -6.82. The molecule has 0 saturated carbocycles. The molecule has 43 heavy (non-hydrogen) atoms. The van der Waals surface area contributed by atoms with Crippen LogP contribution < -0.4 is 5.32 Å². The number of benzene rings is 3. The van der Waals surface area contributed by atoms with Crippen molar-refractivity contribution in [3.05, 3.63) is 88.5 Å². The summed E-state index contributed by atoms with van der Waals surface area (Å²) < 4.78 is 117. The highest BCUT2D eigenvalue weighted by molar-refractivity contribution is 7.90. The number of carbonyl (C=O) groups excluding carboxylic acids is 2. The lowest BCUT2D eigenvalue weighted by atomic mass is 9.90. The van der Waals surface area contributed by atoms with Gasteiger partial charge in [0.1, 0.15) is 9.84 Å². The van der Waals surface area contributed by atoms with Gasteiger partial charge < -0.3 is 10.2 Å². The predicted molar refractivity (Wildman–Crippen MR) is 147 cm³/mol. The van der Waals surface area contributed by atoms with Crippen molar-refractivity contribution in [2.45, 2.75) is 31.9 Å². The Morgan fingerprint density at radius 1 is 0.837 bits per heavy atom. The lowest BCUT2D eigenvalue weighted by Crippen LogP contribution is -2.50. The third-order valence-corrected chi connectivity index (χ3v) is 7.61. The molecule has 3 aromatic rings. The molecule has 0 aliphatic heterocycles. The van der Waals surface area contributed by atoms with Gasteiger partial charge in [0.2, 0.25) is 0 Å². The Morgan fingerprint density at radius 2 is 1.40 bits per heavy atom. The van der Waals surface area contributed by atoms with E-state index in [4.69, 9.17) is 0 Å². The van der Waals surface area contributed by atoms with Gasteiger partial charge in [-0.3, -0.25) is 9.59 Å². The number of alkyl halides is 7. The first kappa shape index (κ1) is 33.6. The summed E-state index contributed by atoms with van der Waals surface area (Å²) in [5, 5.41) is 2.49. The van der Waals surface area contributed by atoms with Crippen molar-refractivity contribution in [3.8, 4) is 11.1 Å². The highest BCUT2D eigenvalue weighted by atomic mass is 32.2. The minimum atomic E-state index is -6.29. The number of amides is 2. The molecule has 0 atom stereocenters. The van der Waals surface area contributed by atoms with E-state index in [1.165, 1.54) is 36.2 Å². The molecule has 0 bridgehead atoms. The lowest BCUT2D eigenvalue weighted by Gasteiger charge is -2.31. The zero-order chi connectivity index (χ0) is 32.5. The van der Waals surface area contributed by atoms with Crippen molar-refractivity contribution < 1.29 is 48.7 Å². The number of carbonyl (C=O) groups is 2. The summed E-state index contributed by atoms with van der Waals surface area (Å²) in [6, 6.07) is 13.1. The van der Waals surface area contributed by atoms with Crippen LogP contribution in [0, 0.1) is 13.8 Å². The Labute approximate surface area is 243 Å². The molecule has 0 saturated heterocycles. The average Bonchev–Trinajstić information content (AvgIpc) is 2.91. The SMILES string of the molecule is Cc1cc(C(F)(C(F)(F)F)C(F)(F)F)cc(C)c1NC(=O)c1ccccc1-c1cccc(C(=O)N(C)CCS(C)(=O)=O)c1. The summed E-state index contributed by atoms with van der Waals surface area (Å²) in [6.45, 7) is 2.23. The Hall–Kier alpha value is -3.94. The van der Waals surface area contributed by atoms with Crippen molar-refractivity contribution in [1.82, 2.24) is 4.90 Å². The van der Waals surface area contributed by atoms with Crippen LogP contribution in [0.2, 0.25) is 0 Å². The van der Waals surface area contributed by atoms with Gasteiger partial charge in [-0.25, -0.2) is 12.8 Å². The predicted octanol–water partition coefficient (Wildman–Crippen LogP) is 6.63. The summed E-state index contributed by atoms with van der Waals surface area (Å²) >= 11 is 0. The second-order valence-electron chi connectivity index (χ2n) is 10.1. The number of rotatable bonds is 8. The monoisotopic (exact) mass is 632 g/mol. The zero-order valence-corrected chi connectivity index (χ0v) is 24.1. The molecule has 1 N–H and O–H groups in total. The molecule has 0 spiro atoms.